The lowest BCUT2D eigenvalue weighted by molar-refractivity contribution is 0.0822. The third-order valence-electron chi connectivity index (χ3n) is 2.69. The summed E-state index contributed by atoms with van der Waals surface area (Å²) in [5.74, 6) is -0.122. The largest absolute Gasteiger partial charge is 0.379 e. The Kier molecular flexibility index (Phi) is 4.24. The Labute approximate surface area is 117 Å². The maximum atomic E-state index is 11.8. The number of hydrogen-bond donors (Lipinski definition) is 1. The predicted molar refractivity (Wildman–Crippen MR) is 76.4 cm³/mol. The van der Waals surface area contributed by atoms with Gasteiger partial charge >= 0.3 is 0 Å². The summed E-state index contributed by atoms with van der Waals surface area (Å²) < 4.78 is 0. The molecule has 104 valence electrons. The van der Waals surface area contributed by atoms with Gasteiger partial charge in [-0.25, -0.2) is 0 Å². The van der Waals surface area contributed by atoms with E-state index < -0.39 is 0 Å². The first-order valence-electron chi connectivity index (χ1n) is 6.25. The minimum absolute atomic E-state index is 0.122. The molecule has 1 amide bonds. The summed E-state index contributed by atoms with van der Waals surface area (Å²) in [6.07, 6.45) is 5.07. The third-order valence-corrected chi connectivity index (χ3v) is 2.69. The number of nitrogens with zero attached hydrogens (tertiary/aromatic N) is 4. The molecule has 0 saturated heterocycles. The van der Waals surface area contributed by atoms with Crippen molar-refractivity contribution in [1.29, 1.82) is 0 Å². The Balaban J connectivity index is 2.05. The Morgan fingerprint density at radius 2 is 2.05 bits per heavy atom. The van der Waals surface area contributed by atoms with Crippen molar-refractivity contribution in [3.8, 4) is 0 Å². The minimum Gasteiger partial charge on any atom is -0.379 e. The second-order valence-electron chi connectivity index (χ2n) is 4.63. The second-order valence-corrected chi connectivity index (χ2v) is 4.63. The van der Waals surface area contributed by atoms with E-state index in [1.54, 1.807) is 38.8 Å². The summed E-state index contributed by atoms with van der Waals surface area (Å²) >= 11 is 0. The third kappa shape index (κ3) is 3.50. The molecule has 0 aliphatic heterocycles. The molecule has 1 N–H and O–H groups in total. The zero-order valence-electron chi connectivity index (χ0n) is 11.8. The average Bonchev–Trinajstić information content (AvgIpc) is 2.46. The first kappa shape index (κ1) is 13.9. The number of anilines is 1. The van der Waals surface area contributed by atoms with Crippen molar-refractivity contribution in [1.82, 2.24) is 19.9 Å². The van der Waals surface area contributed by atoms with E-state index in [-0.39, 0.29) is 5.91 Å². The van der Waals surface area contributed by atoms with Gasteiger partial charge in [0.15, 0.2) is 0 Å². The number of carbonyl (C=O) groups excluding carboxylic acids is 1. The van der Waals surface area contributed by atoms with Crippen LogP contribution in [-0.4, -0.2) is 39.9 Å². The highest BCUT2D eigenvalue weighted by atomic mass is 16.2. The molecule has 6 nitrogen and oxygen atoms in total. The van der Waals surface area contributed by atoms with Crippen LogP contribution in [-0.2, 0) is 6.54 Å². The molecule has 2 aromatic heterocycles. The molecule has 0 saturated carbocycles. The average molecular weight is 271 g/mol. The van der Waals surface area contributed by atoms with E-state index in [1.165, 1.54) is 4.90 Å². The monoisotopic (exact) mass is 271 g/mol. The van der Waals surface area contributed by atoms with E-state index in [0.717, 1.165) is 17.1 Å². The molecule has 0 unspecified atom stereocenters. The molecule has 6 heteroatoms. The van der Waals surface area contributed by atoms with Gasteiger partial charge in [0.25, 0.3) is 5.91 Å². The lowest BCUT2D eigenvalue weighted by Crippen LogP contribution is -2.22. The van der Waals surface area contributed by atoms with E-state index in [9.17, 15) is 4.79 Å². The maximum absolute atomic E-state index is 11.8. The molecule has 0 fully saturated rings. The smallest absolute Gasteiger partial charge is 0.272 e. The molecular weight excluding hydrogens is 254 g/mol. The van der Waals surface area contributed by atoms with Crippen LogP contribution in [0.4, 0.5) is 5.69 Å². The van der Waals surface area contributed by atoms with E-state index in [1.807, 2.05) is 13.0 Å². The molecule has 2 aromatic rings. The molecule has 0 aliphatic rings. The Bertz CT molecular complexity index is 595. The Morgan fingerprint density at radius 3 is 2.70 bits per heavy atom. The highest BCUT2D eigenvalue weighted by Gasteiger charge is 2.09. The van der Waals surface area contributed by atoms with Gasteiger partial charge in [-0.05, 0) is 19.1 Å². The molecule has 0 aliphatic carbocycles. The number of aryl methyl sites for hydroxylation is 1. The highest BCUT2D eigenvalue weighted by Crippen LogP contribution is 2.10. The number of amides is 1. The molecule has 20 heavy (non-hydrogen) atoms. The van der Waals surface area contributed by atoms with Crippen LogP contribution in [0.25, 0.3) is 0 Å². The van der Waals surface area contributed by atoms with Crippen LogP contribution in [0.2, 0.25) is 0 Å². The molecule has 0 bridgehead atoms. The van der Waals surface area contributed by atoms with Gasteiger partial charge in [-0.15, -0.1) is 0 Å². The van der Waals surface area contributed by atoms with Crippen molar-refractivity contribution in [2.24, 2.45) is 0 Å². The quantitative estimate of drug-likeness (QED) is 0.912. The van der Waals surface area contributed by atoms with Crippen LogP contribution in [0, 0.1) is 6.92 Å². The lowest BCUT2D eigenvalue weighted by Gasteiger charge is -2.11. The minimum atomic E-state index is -0.122. The zero-order chi connectivity index (χ0) is 14.5. The molecule has 0 spiro atoms. The standard InChI is InChI=1S/C14H17N5O/c1-10-7-17-12(8-16-10)9-18-11-4-5-15-13(6-11)14(20)19(2)3/h4-8H,9H2,1-3H3,(H,15,18). The Morgan fingerprint density at radius 1 is 1.25 bits per heavy atom. The first-order valence-corrected chi connectivity index (χ1v) is 6.25. The maximum Gasteiger partial charge on any atom is 0.272 e. The number of hydrogen-bond acceptors (Lipinski definition) is 5. The number of nitrogens with one attached hydrogen (secondary N) is 1. The molecular formula is C14H17N5O. The molecule has 0 atom stereocenters. The summed E-state index contributed by atoms with van der Waals surface area (Å²) in [4.78, 5) is 25.8. The number of aromatic nitrogens is 3. The van der Waals surface area contributed by atoms with Crippen molar-refractivity contribution in [2.45, 2.75) is 13.5 Å². The summed E-state index contributed by atoms with van der Waals surface area (Å²) in [6, 6.07) is 3.54. The van der Waals surface area contributed by atoms with Gasteiger partial charge in [0, 0.05) is 32.2 Å². The normalized spacial score (nSPS) is 10.2. The first-order chi connectivity index (χ1) is 9.56. The Hall–Kier alpha value is -2.50. The van der Waals surface area contributed by atoms with Crippen LogP contribution >= 0.6 is 0 Å². The van der Waals surface area contributed by atoms with Crippen molar-refractivity contribution in [3.05, 3.63) is 47.8 Å². The van der Waals surface area contributed by atoms with Gasteiger partial charge in [0.05, 0.1) is 24.1 Å². The van der Waals surface area contributed by atoms with Gasteiger partial charge in [0.2, 0.25) is 0 Å². The fraction of sp³-hybridized carbons (Fsp3) is 0.286. The molecule has 0 aromatic carbocycles. The van der Waals surface area contributed by atoms with Crippen molar-refractivity contribution >= 4 is 11.6 Å². The van der Waals surface area contributed by atoms with Crippen LogP contribution in [0.1, 0.15) is 21.9 Å². The van der Waals surface area contributed by atoms with Gasteiger partial charge < -0.3 is 10.2 Å². The van der Waals surface area contributed by atoms with E-state index in [4.69, 9.17) is 0 Å². The van der Waals surface area contributed by atoms with Gasteiger partial charge in [-0.1, -0.05) is 0 Å². The zero-order valence-corrected chi connectivity index (χ0v) is 11.8. The van der Waals surface area contributed by atoms with Gasteiger partial charge in [-0.2, -0.15) is 0 Å². The number of carbonyl (C=O) groups is 1. The lowest BCUT2D eigenvalue weighted by atomic mass is 10.3. The van der Waals surface area contributed by atoms with Gasteiger partial charge in [0.1, 0.15) is 5.69 Å². The van der Waals surface area contributed by atoms with Crippen LogP contribution < -0.4 is 5.32 Å². The molecule has 0 radical (unpaired) electrons. The topological polar surface area (TPSA) is 71.0 Å². The molecule has 2 heterocycles. The fourth-order valence-electron chi connectivity index (χ4n) is 1.59. The van der Waals surface area contributed by atoms with Crippen LogP contribution in [0.3, 0.4) is 0 Å². The van der Waals surface area contributed by atoms with E-state index in [2.05, 4.69) is 20.3 Å². The number of rotatable bonds is 4. The van der Waals surface area contributed by atoms with E-state index >= 15 is 0 Å². The van der Waals surface area contributed by atoms with Crippen molar-refractivity contribution in [2.75, 3.05) is 19.4 Å². The van der Waals surface area contributed by atoms with Crippen molar-refractivity contribution in [3.63, 3.8) is 0 Å². The van der Waals surface area contributed by atoms with Crippen molar-refractivity contribution < 1.29 is 4.79 Å². The van der Waals surface area contributed by atoms with E-state index in [0.29, 0.717) is 12.2 Å². The van der Waals surface area contributed by atoms with Gasteiger partial charge in [-0.3, -0.25) is 19.7 Å². The summed E-state index contributed by atoms with van der Waals surface area (Å²) in [5.41, 5.74) is 2.96. The summed E-state index contributed by atoms with van der Waals surface area (Å²) in [5, 5.41) is 3.20. The second kappa shape index (κ2) is 6.10. The highest BCUT2D eigenvalue weighted by molar-refractivity contribution is 5.92. The SMILES string of the molecule is Cc1cnc(CNc2ccnc(C(=O)N(C)C)c2)cn1. The number of pyridine rings is 1. The summed E-state index contributed by atoms with van der Waals surface area (Å²) in [7, 11) is 3.40. The molecule has 2 rings (SSSR count). The fourth-order valence-corrected chi connectivity index (χ4v) is 1.59. The summed E-state index contributed by atoms with van der Waals surface area (Å²) in [6.45, 7) is 2.44. The predicted octanol–water partition coefficient (Wildman–Crippen LogP) is 1.49. The van der Waals surface area contributed by atoms with Crippen LogP contribution in [0.5, 0.6) is 0 Å². The van der Waals surface area contributed by atoms with Crippen LogP contribution in [0.15, 0.2) is 30.7 Å².